The molecule has 8 nitrogen and oxygen atoms in total. The van der Waals surface area contributed by atoms with Crippen molar-refractivity contribution in [3.8, 4) is 23.3 Å². The van der Waals surface area contributed by atoms with Crippen molar-refractivity contribution in [1.82, 2.24) is 0 Å². The minimum atomic E-state index is -1.01. The summed E-state index contributed by atoms with van der Waals surface area (Å²) in [6, 6.07) is 11.3. The van der Waals surface area contributed by atoms with Crippen LogP contribution in [0.3, 0.4) is 0 Å². The van der Waals surface area contributed by atoms with Gasteiger partial charge in [-0.3, -0.25) is 9.59 Å². The number of phenolic OH excluding ortho intramolecular Hbond substituents is 1. The number of ether oxygens (including phenoxy) is 3. The minimum absolute atomic E-state index is 0.000698. The number of nitrogens with zero attached hydrogens (tertiary/aromatic N) is 1. The van der Waals surface area contributed by atoms with Gasteiger partial charge in [-0.05, 0) is 17.7 Å². The largest absolute Gasteiger partial charge is 0.502 e. The van der Waals surface area contributed by atoms with Crippen molar-refractivity contribution in [1.29, 1.82) is 5.26 Å². The van der Waals surface area contributed by atoms with Crippen LogP contribution in [0.15, 0.2) is 59.2 Å². The first kappa shape index (κ1) is 19.1. The predicted octanol–water partition coefficient (Wildman–Crippen LogP) is 2.55. The fourth-order valence-electron chi connectivity index (χ4n) is 3.72. The van der Waals surface area contributed by atoms with Gasteiger partial charge in [-0.2, -0.15) is 5.26 Å². The fourth-order valence-corrected chi connectivity index (χ4v) is 3.72. The quantitative estimate of drug-likeness (QED) is 0.798. The topological polar surface area (TPSA) is 132 Å². The number of ketones is 2. The highest BCUT2D eigenvalue weighted by Gasteiger charge is 2.44. The second-order valence-electron chi connectivity index (χ2n) is 6.65. The number of benzene rings is 2. The number of nitrogens with two attached hydrogens (primary N) is 1. The predicted molar refractivity (Wildman–Crippen MR) is 104 cm³/mol. The Kier molecular flexibility index (Phi) is 4.43. The molecule has 30 heavy (non-hydrogen) atoms. The van der Waals surface area contributed by atoms with Crippen LogP contribution in [0.1, 0.15) is 32.2 Å². The van der Waals surface area contributed by atoms with Crippen molar-refractivity contribution in [3.05, 3.63) is 75.9 Å². The summed E-state index contributed by atoms with van der Waals surface area (Å²) in [5.41, 5.74) is 6.70. The smallest absolute Gasteiger partial charge is 0.229 e. The molecule has 2 aliphatic rings. The molecule has 0 amide bonds. The zero-order chi connectivity index (χ0) is 21.6. The van der Waals surface area contributed by atoms with Crippen LogP contribution in [0.25, 0.3) is 0 Å². The maximum absolute atomic E-state index is 13.3. The number of hydrogen-bond donors (Lipinski definition) is 2. The Hall–Kier alpha value is -4.25. The zero-order valence-electron chi connectivity index (χ0n) is 16.1. The van der Waals surface area contributed by atoms with E-state index < -0.39 is 17.5 Å². The average molecular weight is 404 g/mol. The summed E-state index contributed by atoms with van der Waals surface area (Å²) in [5, 5.41) is 20.0. The molecule has 0 saturated carbocycles. The van der Waals surface area contributed by atoms with E-state index in [1.165, 1.54) is 32.4 Å². The average Bonchev–Trinajstić information content (AvgIpc) is 2.76. The number of fused-ring (bicyclic) bond motifs is 1. The molecule has 2 aromatic rings. The minimum Gasteiger partial charge on any atom is -0.502 e. The van der Waals surface area contributed by atoms with Crippen LogP contribution in [-0.2, 0) is 4.74 Å². The molecule has 0 saturated heterocycles. The van der Waals surface area contributed by atoms with E-state index in [1.807, 2.05) is 6.07 Å². The molecule has 1 aliphatic heterocycles. The standard InChI is InChI=1S/C22H16N2O6/c1-28-14-7-10(8-15(29-2)20(14)27)16-13(9-23)22(24)30-21-17(16)18(25)11-5-3-4-6-12(11)19(21)26/h3-8,16,27H,24H2,1-2H3/t16-/m1/s1. The van der Waals surface area contributed by atoms with E-state index in [2.05, 4.69) is 0 Å². The van der Waals surface area contributed by atoms with E-state index in [1.54, 1.807) is 18.2 Å². The normalized spacial score (nSPS) is 17.7. The SMILES string of the molecule is COc1cc([C@@H]2C(C#N)=C(N)OC3=C2C(=O)c2ccccc2C3=O)cc(OC)c1O. The Bertz CT molecular complexity index is 1190. The first-order valence-electron chi connectivity index (χ1n) is 8.88. The van der Waals surface area contributed by atoms with Gasteiger partial charge in [0.1, 0.15) is 11.6 Å². The molecule has 0 aromatic heterocycles. The molecule has 0 bridgehead atoms. The van der Waals surface area contributed by atoms with Crippen LogP contribution in [0, 0.1) is 11.3 Å². The number of aromatic hydroxyl groups is 1. The summed E-state index contributed by atoms with van der Waals surface area (Å²) < 4.78 is 15.8. The molecule has 0 unspecified atom stereocenters. The Labute approximate surface area is 171 Å². The highest BCUT2D eigenvalue weighted by atomic mass is 16.5. The first-order valence-corrected chi connectivity index (χ1v) is 8.88. The lowest BCUT2D eigenvalue weighted by atomic mass is 9.75. The van der Waals surface area contributed by atoms with E-state index in [4.69, 9.17) is 19.9 Å². The van der Waals surface area contributed by atoms with E-state index in [9.17, 15) is 20.0 Å². The molecule has 4 rings (SSSR count). The van der Waals surface area contributed by atoms with Crippen molar-refractivity contribution in [2.75, 3.05) is 14.2 Å². The van der Waals surface area contributed by atoms with Gasteiger partial charge < -0.3 is 25.1 Å². The number of hydrogen-bond acceptors (Lipinski definition) is 8. The van der Waals surface area contributed by atoms with Crippen LogP contribution in [0.5, 0.6) is 17.2 Å². The third kappa shape index (κ3) is 2.60. The number of phenols is 1. The van der Waals surface area contributed by atoms with Gasteiger partial charge in [-0.25, -0.2) is 0 Å². The molecule has 1 aliphatic carbocycles. The number of rotatable bonds is 3. The number of carbonyl (C=O) groups excluding carboxylic acids is 2. The number of carbonyl (C=O) groups is 2. The van der Waals surface area contributed by atoms with Gasteiger partial charge >= 0.3 is 0 Å². The van der Waals surface area contributed by atoms with Crippen LogP contribution in [-0.4, -0.2) is 30.9 Å². The second-order valence-corrected chi connectivity index (χ2v) is 6.65. The van der Waals surface area contributed by atoms with Crippen LogP contribution in [0.2, 0.25) is 0 Å². The summed E-state index contributed by atoms with van der Waals surface area (Å²) in [5.74, 6) is -2.53. The monoisotopic (exact) mass is 404 g/mol. The van der Waals surface area contributed by atoms with Crippen molar-refractivity contribution in [3.63, 3.8) is 0 Å². The van der Waals surface area contributed by atoms with Gasteiger partial charge in [0.25, 0.3) is 0 Å². The second kappa shape index (κ2) is 6.97. The zero-order valence-corrected chi connectivity index (χ0v) is 16.1. The van der Waals surface area contributed by atoms with Crippen LogP contribution >= 0.6 is 0 Å². The molecular weight excluding hydrogens is 388 g/mol. The van der Waals surface area contributed by atoms with Crippen molar-refractivity contribution >= 4 is 11.6 Å². The number of nitriles is 1. The molecule has 0 fully saturated rings. The molecule has 1 atom stereocenters. The molecule has 3 N–H and O–H groups in total. The molecule has 0 spiro atoms. The molecule has 2 aromatic carbocycles. The molecule has 8 heteroatoms. The molecule has 0 radical (unpaired) electrons. The van der Waals surface area contributed by atoms with Crippen molar-refractivity contribution < 1.29 is 28.9 Å². The van der Waals surface area contributed by atoms with Gasteiger partial charge in [0.05, 0.1) is 25.7 Å². The van der Waals surface area contributed by atoms with Crippen LogP contribution in [0.4, 0.5) is 0 Å². The summed E-state index contributed by atoms with van der Waals surface area (Å²) in [6.45, 7) is 0. The molecule has 150 valence electrons. The summed E-state index contributed by atoms with van der Waals surface area (Å²) >= 11 is 0. The third-order valence-corrected chi connectivity index (χ3v) is 5.12. The summed E-state index contributed by atoms with van der Waals surface area (Å²) in [6.07, 6.45) is 0. The summed E-state index contributed by atoms with van der Waals surface area (Å²) in [7, 11) is 2.71. The highest BCUT2D eigenvalue weighted by Crippen LogP contribution is 2.47. The van der Waals surface area contributed by atoms with E-state index in [-0.39, 0.29) is 51.2 Å². The Morgan fingerprint density at radius 3 is 2.17 bits per heavy atom. The lowest BCUT2D eigenvalue weighted by Crippen LogP contribution is -2.32. The van der Waals surface area contributed by atoms with Crippen molar-refractivity contribution in [2.24, 2.45) is 5.73 Å². The lowest BCUT2D eigenvalue weighted by Gasteiger charge is -2.31. The van der Waals surface area contributed by atoms with E-state index in [0.717, 1.165) is 0 Å². The van der Waals surface area contributed by atoms with Crippen molar-refractivity contribution in [2.45, 2.75) is 5.92 Å². The Balaban J connectivity index is 2.00. The van der Waals surface area contributed by atoms with Crippen LogP contribution < -0.4 is 15.2 Å². The highest BCUT2D eigenvalue weighted by molar-refractivity contribution is 6.27. The maximum Gasteiger partial charge on any atom is 0.229 e. The fraction of sp³-hybridized carbons (Fsp3) is 0.136. The first-order chi connectivity index (χ1) is 14.4. The lowest BCUT2D eigenvalue weighted by molar-refractivity contribution is 0.0897. The van der Waals surface area contributed by atoms with E-state index in [0.29, 0.717) is 5.56 Å². The number of methoxy groups -OCH3 is 2. The van der Waals surface area contributed by atoms with Gasteiger partial charge in [0, 0.05) is 11.1 Å². The van der Waals surface area contributed by atoms with Gasteiger partial charge in [-0.1, -0.05) is 24.3 Å². The maximum atomic E-state index is 13.3. The third-order valence-electron chi connectivity index (χ3n) is 5.12. The van der Waals surface area contributed by atoms with E-state index >= 15 is 0 Å². The van der Waals surface area contributed by atoms with Gasteiger partial charge in [0.15, 0.2) is 23.0 Å². The van der Waals surface area contributed by atoms with Gasteiger partial charge in [-0.15, -0.1) is 0 Å². The number of allylic oxidation sites excluding steroid dienone is 3. The summed E-state index contributed by atoms with van der Waals surface area (Å²) in [4.78, 5) is 26.4. The number of Topliss-reactive ketones (excluding diaryl/α,β-unsaturated/α-hetero) is 2. The van der Waals surface area contributed by atoms with Gasteiger partial charge in [0.2, 0.25) is 17.4 Å². The Morgan fingerprint density at radius 2 is 1.63 bits per heavy atom. The molecule has 1 heterocycles. The Morgan fingerprint density at radius 1 is 1.07 bits per heavy atom. The molecular formula is C22H16N2O6.